The topological polar surface area (TPSA) is 46.1 Å². The van der Waals surface area contributed by atoms with E-state index in [1.807, 2.05) is 78.9 Å². The SMILES string of the molecule is COc1ccccc1C1=NC(Nc2ccccc2)SN1c1ccccc1OC. The van der Waals surface area contributed by atoms with Gasteiger partial charge in [0.2, 0.25) is 0 Å². The number of rotatable bonds is 6. The number of benzene rings is 3. The quantitative estimate of drug-likeness (QED) is 0.598. The van der Waals surface area contributed by atoms with Crippen molar-refractivity contribution in [1.29, 1.82) is 0 Å². The number of anilines is 2. The zero-order valence-electron chi connectivity index (χ0n) is 15.7. The summed E-state index contributed by atoms with van der Waals surface area (Å²) in [6.45, 7) is 0. The number of hydrogen-bond donors (Lipinski definition) is 1. The number of methoxy groups -OCH3 is 2. The Morgan fingerprint density at radius 3 is 2.21 bits per heavy atom. The Hall–Kier alpha value is -3.12. The molecule has 6 heteroatoms. The van der Waals surface area contributed by atoms with Crippen molar-refractivity contribution in [2.75, 3.05) is 23.8 Å². The number of nitrogens with zero attached hydrogens (tertiary/aromatic N) is 2. The largest absolute Gasteiger partial charge is 0.496 e. The van der Waals surface area contributed by atoms with Crippen molar-refractivity contribution in [3.8, 4) is 11.5 Å². The van der Waals surface area contributed by atoms with E-state index in [0.29, 0.717) is 0 Å². The van der Waals surface area contributed by atoms with Crippen molar-refractivity contribution < 1.29 is 9.47 Å². The molecule has 0 saturated carbocycles. The minimum Gasteiger partial charge on any atom is -0.496 e. The maximum Gasteiger partial charge on any atom is 0.188 e. The average molecular weight is 391 g/mol. The zero-order valence-corrected chi connectivity index (χ0v) is 16.5. The highest BCUT2D eigenvalue weighted by molar-refractivity contribution is 8.02. The van der Waals surface area contributed by atoms with Crippen molar-refractivity contribution in [2.24, 2.45) is 4.99 Å². The zero-order chi connectivity index (χ0) is 19.3. The molecule has 3 aromatic rings. The molecule has 0 saturated heterocycles. The van der Waals surface area contributed by atoms with Crippen LogP contribution in [0.4, 0.5) is 11.4 Å². The Kier molecular flexibility index (Phi) is 5.39. The second-order valence-electron chi connectivity index (χ2n) is 6.09. The van der Waals surface area contributed by atoms with Gasteiger partial charge in [0.15, 0.2) is 11.3 Å². The molecule has 0 aromatic heterocycles. The monoisotopic (exact) mass is 391 g/mol. The Morgan fingerprint density at radius 2 is 1.46 bits per heavy atom. The molecule has 28 heavy (non-hydrogen) atoms. The molecule has 0 bridgehead atoms. The summed E-state index contributed by atoms with van der Waals surface area (Å²) in [7, 11) is 3.35. The second kappa shape index (κ2) is 8.27. The Bertz CT molecular complexity index is 978. The third kappa shape index (κ3) is 3.64. The predicted octanol–water partition coefficient (Wildman–Crippen LogP) is 5.01. The van der Waals surface area contributed by atoms with Gasteiger partial charge in [-0.2, -0.15) is 0 Å². The van der Waals surface area contributed by atoms with Crippen LogP contribution in [0, 0.1) is 0 Å². The van der Waals surface area contributed by atoms with Crippen LogP contribution in [-0.4, -0.2) is 25.6 Å². The fourth-order valence-electron chi connectivity index (χ4n) is 3.05. The fraction of sp³-hybridized carbons (Fsp3) is 0.136. The highest BCUT2D eigenvalue weighted by Gasteiger charge is 2.31. The second-order valence-corrected chi connectivity index (χ2v) is 7.11. The molecule has 0 amide bonds. The minimum atomic E-state index is -0.174. The molecule has 4 rings (SSSR count). The first-order valence-corrected chi connectivity index (χ1v) is 9.76. The summed E-state index contributed by atoms with van der Waals surface area (Å²) in [6.07, 6.45) is 0. The standard InChI is InChI=1S/C22H21N3O2S/c1-26-19-14-8-6-12-17(19)21-24-22(23-16-10-4-3-5-11-16)28-25(21)18-13-7-9-15-20(18)27-2/h3-15,22-23H,1-2H3. The summed E-state index contributed by atoms with van der Waals surface area (Å²) in [5.74, 6) is 2.39. The van der Waals surface area contributed by atoms with Crippen LogP contribution in [0.25, 0.3) is 0 Å². The average Bonchev–Trinajstić information content (AvgIpc) is 3.17. The summed E-state index contributed by atoms with van der Waals surface area (Å²) < 4.78 is 13.3. The molecule has 0 spiro atoms. The highest BCUT2D eigenvalue weighted by atomic mass is 32.2. The molecule has 1 N–H and O–H groups in total. The summed E-state index contributed by atoms with van der Waals surface area (Å²) >= 11 is 1.59. The van der Waals surface area contributed by atoms with Crippen LogP contribution in [0.15, 0.2) is 83.9 Å². The lowest BCUT2D eigenvalue weighted by atomic mass is 10.1. The molecule has 1 unspecified atom stereocenters. The Balaban J connectivity index is 1.75. The van der Waals surface area contributed by atoms with E-state index in [9.17, 15) is 0 Å². The minimum absolute atomic E-state index is 0.174. The van der Waals surface area contributed by atoms with Gasteiger partial charge in [-0.1, -0.05) is 42.5 Å². The van der Waals surface area contributed by atoms with Gasteiger partial charge in [0.1, 0.15) is 11.5 Å². The summed E-state index contributed by atoms with van der Waals surface area (Å²) in [5, 5.41) is 3.47. The van der Waals surface area contributed by atoms with E-state index in [2.05, 4.69) is 9.62 Å². The van der Waals surface area contributed by atoms with E-state index in [4.69, 9.17) is 14.5 Å². The van der Waals surface area contributed by atoms with Gasteiger partial charge in [-0.3, -0.25) is 4.31 Å². The molecule has 1 heterocycles. The third-order valence-electron chi connectivity index (χ3n) is 4.35. The van der Waals surface area contributed by atoms with E-state index in [1.165, 1.54) is 0 Å². The summed E-state index contributed by atoms with van der Waals surface area (Å²) in [4.78, 5) is 4.95. The van der Waals surface area contributed by atoms with Crippen LogP contribution >= 0.6 is 11.9 Å². The number of para-hydroxylation sites is 4. The van der Waals surface area contributed by atoms with Gasteiger partial charge >= 0.3 is 0 Å². The Morgan fingerprint density at radius 1 is 0.821 bits per heavy atom. The van der Waals surface area contributed by atoms with Gasteiger partial charge in [-0.05, 0) is 36.4 Å². The smallest absolute Gasteiger partial charge is 0.188 e. The van der Waals surface area contributed by atoms with E-state index in [0.717, 1.165) is 34.3 Å². The molecule has 0 aliphatic carbocycles. The number of aliphatic imine (C=N–C) groups is 1. The van der Waals surface area contributed by atoms with Crippen molar-refractivity contribution >= 4 is 29.2 Å². The maximum atomic E-state index is 5.59. The lowest BCUT2D eigenvalue weighted by Crippen LogP contribution is -2.22. The van der Waals surface area contributed by atoms with Gasteiger partial charge < -0.3 is 14.8 Å². The number of ether oxygens (including phenoxy) is 2. The first-order chi connectivity index (χ1) is 13.8. The molecule has 1 aliphatic rings. The van der Waals surface area contributed by atoms with Gasteiger partial charge in [-0.15, -0.1) is 0 Å². The predicted molar refractivity (Wildman–Crippen MR) is 116 cm³/mol. The molecule has 142 valence electrons. The first-order valence-electron chi connectivity index (χ1n) is 8.93. The normalized spacial score (nSPS) is 15.9. The fourth-order valence-corrected chi connectivity index (χ4v) is 4.09. The summed E-state index contributed by atoms with van der Waals surface area (Å²) in [5.41, 5.74) is 2.72. The van der Waals surface area contributed by atoms with Crippen molar-refractivity contribution in [3.05, 3.63) is 84.4 Å². The Labute approximate surface area is 169 Å². The molecule has 1 aliphatic heterocycles. The van der Waals surface area contributed by atoms with Crippen molar-refractivity contribution in [1.82, 2.24) is 0 Å². The molecular weight excluding hydrogens is 370 g/mol. The molecular formula is C22H21N3O2S. The number of nitrogens with one attached hydrogen (secondary N) is 1. The van der Waals surface area contributed by atoms with E-state index < -0.39 is 0 Å². The van der Waals surface area contributed by atoms with E-state index in [1.54, 1.807) is 26.2 Å². The molecule has 1 atom stereocenters. The maximum absolute atomic E-state index is 5.59. The molecule has 0 fully saturated rings. The lowest BCUT2D eigenvalue weighted by Gasteiger charge is -2.22. The number of amidine groups is 1. The van der Waals surface area contributed by atoms with E-state index in [-0.39, 0.29) is 5.50 Å². The highest BCUT2D eigenvalue weighted by Crippen LogP contribution is 2.41. The van der Waals surface area contributed by atoms with Crippen molar-refractivity contribution in [3.63, 3.8) is 0 Å². The van der Waals surface area contributed by atoms with E-state index >= 15 is 0 Å². The molecule has 3 aromatic carbocycles. The van der Waals surface area contributed by atoms with Crippen LogP contribution in [0.3, 0.4) is 0 Å². The van der Waals surface area contributed by atoms with Gasteiger partial charge in [-0.25, -0.2) is 4.99 Å². The van der Waals surface area contributed by atoms with Gasteiger partial charge in [0.05, 0.1) is 25.5 Å². The third-order valence-corrected chi connectivity index (χ3v) is 5.36. The number of hydrogen-bond acceptors (Lipinski definition) is 6. The van der Waals surface area contributed by atoms with Gasteiger partial charge in [0.25, 0.3) is 0 Å². The van der Waals surface area contributed by atoms with Crippen LogP contribution < -0.4 is 19.1 Å². The molecule has 0 radical (unpaired) electrons. The lowest BCUT2D eigenvalue weighted by molar-refractivity contribution is 0.413. The first kappa shape index (κ1) is 18.3. The van der Waals surface area contributed by atoms with Crippen LogP contribution in [-0.2, 0) is 0 Å². The van der Waals surface area contributed by atoms with Crippen LogP contribution in [0.1, 0.15) is 5.56 Å². The van der Waals surface area contributed by atoms with Crippen molar-refractivity contribution in [2.45, 2.75) is 5.50 Å². The van der Waals surface area contributed by atoms with Gasteiger partial charge in [0, 0.05) is 17.6 Å². The molecule has 5 nitrogen and oxygen atoms in total. The van der Waals surface area contributed by atoms with Crippen LogP contribution in [0.5, 0.6) is 11.5 Å². The van der Waals surface area contributed by atoms with Crippen LogP contribution in [0.2, 0.25) is 0 Å². The summed E-state index contributed by atoms with van der Waals surface area (Å²) in [6, 6.07) is 25.9.